The van der Waals surface area contributed by atoms with E-state index >= 15 is 0 Å². The molecule has 7 heteroatoms. The minimum absolute atomic E-state index is 0.0553. The van der Waals surface area contributed by atoms with Gasteiger partial charge in [-0.05, 0) is 73.0 Å². The van der Waals surface area contributed by atoms with Gasteiger partial charge in [-0.2, -0.15) is 0 Å². The van der Waals surface area contributed by atoms with Crippen molar-refractivity contribution in [2.45, 2.75) is 22.6 Å². The Bertz CT molecular complexity index is 1010. The largest absolute Gasteiger partial charge is 0.508 e. The normalized spacial score (nSPS) is 12.9. The van der Waals surface area contributed by atoms with Gasteiger partial charge in [-0.15, -0.1) is 23.5 Å². The van der Waals surface area contributed by atoms with Crippen molar-refractivity contribution in [1.82, 2.24) is 4.90 Å². The zero-order valence-electron chi connectivity index (χ0n) is 18.4. The Kier molecular flexibility index (Phi) is 8.07. The lowest BCUT2D eigenvalue weighted by Crippen LogP contribution is -2.47. The van der Waals surface area contributed by atoms with Gasteiger partial charge >= 0.3 is 6.03 Å². The van der Waals surface area contributed by atoms with Crippen molar-refractivity contribution in [3.8, 4) is 11.5 Å². The molecule has 0 spiro atoms. The Morgan fingerprint density at radius 2 is 1.36 bits per heavy atom. The highest BCUT2D eigenvalue weighted by molar-refractivity contribution is 7.99. The number of fused-ring (bicyclic) bond motifs is 1. The van der Waals surface area contributed by atoms with E-state index in [4.69, 9.17) is 0 Å². The van der Waals surface area contributed by atoms with E-state index in [1.165, 1.54) is 5.56 Å². The highest BCUT2D eigenvalue weighted by atomic mass is 32.2. The number of aromatic hydroxyl groups is 2. The van der Waals surface area contributed by atoms with Crippen molar-refractivity contribution in [3.63, 3.8) is 0 Å². The number of anilines is 1. The van der Waals surface area contributed by atoms with Crippen LogP contribution in [0.1, 0.15) is 12.0 Å². The van der Waals surface area contributed by atoms with Crippen molar-refractivity contribution in [1.29, 1.82) is 0 Å². The molecule has 5 nitrogen and oxygen atoms in total. The molecule has 33 heavy (non-hydrogen) atoms. The number of para-hydroxylation sites is 1. The van der Waals surface area contributed by atoms with E-state index in [1.807, 2.05) is 52.3 Å². The number of thioether (sulfide) groups is 2. The molecule has 0 bridgehead atoms. The van der Waals surface area contributed by atoms with E-state index < -0.39 is 0 Å². The lowest BCUT2D eigenvalue weighted by molar-refractivity contribution is 0.210. The first kappa shape index (κ1) is 23.4. The quantitative estimate of drug-likeness (QED) is 0.396. The number of urea groups is 1. The van der Waals surface area contributed by atoms with E-state index in [2.05, 4.69) is 6.07 Å². The predicted molar refractivity (Wildman–Crippen MR) is 137 cm³/mol. The Morgan fingerprint density at radius 1 is 0.818 bits per heavy atom. The van der Waals surface area contributed by atoms with E-state index in [0.717, 1.165) is 46.4 Å². The number of carbonyl (C=O) groups is 1. The molecule has 2 N–H and O–H groups in total. The van der Waals surface area contributed by atoms with Crippen molar-refractivity contribution >= 4 is 35.2 Å². The van der Waals surface area contributed by atoms with Gasteiger partial charge in [0.1, 0.15) is 11.5 Å². The predicted octanol–water partition coefficient (Wildman–Crippen LogP) is 5.86. The van der Waals surface area contributed by atoms with Crippen LogP contribution in [-0.4, -0.2) is 52.3 Å². The molecule has 3 aromatic carbocycles. The third-order valence-corrected chi connectivity index (χ3v) is 7.53. The van der Waals surface area contributed by atoms with Crippen molar-refractivity contribution in [3.05, 3.63) is 78.4 Å². The summed E-state index contributed by atoms with van der Waals surface area (Å²) in [6.45, 7) is 2.01. The topological polar surface area (TPSA) is 64.0 Å². The van der Waals surface area contributed by atoms with Gasteiger partial charge in [0.05, 0.1) is 0 Å². The number of carbonyl (C=O) groups excluding carboxylic acids is 1. The highest BCUT2D eigenvalue weighted by Crippen LogP contribution is 2.28. The van der Waals surface area contributed by atoms with Crippen LogP contribution in [0, 0.1) is 0 Å². The molecule has 0 atom stereocenters. The third kappa shape index (κ3) is 6.39. The molecule has 172 valence electrons. The second-order valence-corrected chi connectivity index (χ2v) is 10.2. The van der Waals surface area contributed by atoms with Crippen molar-refractivity contribution in [2.24, 2.45) is 0 Å². The lowest BCUT2D eigenvalue weighted by Gasteiger charge is -2.34. The number of phenolic OH excluding ortho intramolecular Hbond substituents is 2. The molecule has 2 amide bonds. The van der Waals surface area contributed by atoms with Crippen LogP contribution in [0.2, 0.25) is 0 Å². The van der Waals surface area contributed by atoms with Crippen LogP contribution in [0.3, 0.4) is 0 Å². The second-order valence-electron chi connectivity index (χ2n) is 7.84. The zero-order valence-corrected chi connectivity index (χ0v) is 20.0. The first-order chi connectivity index (χ1) is 16.1. The molecule has 1 aliphatic rings. The van der Waals surface area contributed by atoms with Crippen LogP contribution in [0.15, 0.2) is 82.6 Å². The monoisotopic (exact) mass is 480 g/mol. The average molecular weight is 481 g/mol. The molecule has 0 aromatic heterocycles. The van der Waals surface area contributed by atoms with Crippen LogP contribution in [-0.2, 0) is 6.42 Å². The van der Waals surface area contributed by atoms with E-state index in [1.54, 1.807) is 47.8 Å². The van der Waals surface area contributed by atoms with E-state index in [-0.39, 0.29) is 17.5 Å². The van der Waals surface area contributed by atoms with Gasteiger partial charge in [0.15, 0.2) is 0 Å². The summed E-state index contributed by atoms with van der Waals surface area (Å²) in [4.78, 5) is 19.6. The maximum Gasteiger partial charge on any atom is 0.324 e. The summed E-state index contributed by atoms with van der Waals surface area (Å²) in [5.74, 6) is 2.06. The maximum absolute atomic E-state index is 13.6. The van der Waals surface area contributed by atoms with Crippen LogP contribution in [0.5, 0.6) is 11.5 Å². The highest BCUT2D eigenvalue weighted by Gasteiger charge is 2.26. The van der Waals surface area contributed by atoms with Crippen molar-refractivity contribution in [2.75, 3.05) is 36.0 Å². The van der Waals surface area contributed by atoms with Gasteiger partial charge in [0.25, 0.3) is 0 Å². The molecule has 0 radical (unpaired) electrons. The molecular formula is C26H28N2O3S2. The summed E-state index contributed by atoms with van der Waals surface area (Å²) in [7, 11) is 0. The number of benzene rings is 3. The Hall–Kier alpha value is -2.77. The number of rotatable bonds is 8. The zero-order chi connectivity index (χ0) is 23.0. The fourth-order valence-electron chi connectivity index (χ4n) is 3.84. The molecule has 4 rings (SSSR count). The SMILES string of the molecule is O=C(N(CCSc1ccc(O)cc1)CCSc1ccc(O)cc1)N1CCCc2ccccc21. The Balaban J connectivity index is 1.42. The van der Waals surface area contributed by atoms with Gasteiger partial charge in [-0.1, -0.05) is 18.2 Å². The van der Waals surface area contributed by atoms with Gasteiger partial charge in [-0.25, -0.2) is 4.79 Å². The fraction of sp³-hybridized carbons (Fsp3) is 0.269. The number of hydrogen-bond acceptors (Lipinski definition) is 5. The first-order valence-corrected chi connectivity index (χ1v) is 13.1. The summed E-state index contributed by atoms with van der Waals surface area (Å²) in [6.07, 6.45) is 1.98. The van der Waals surface area contributed by atoms with E-state index in [0.29, 0.717) is 13.1 Å². The number of phenols is 2. The second kappa shape index (κ2) is 11.4. The number of amides is 2. The number of nitrogens with zero attached hydrogens (tertiary/aromatic N) is 2. The summed E-state index contributed by atoms with van der Waals surface area (Å²) in [5, 5.41) is 19.0. The van der Waals surface area contributed by atoms with Crippen LogP contribution in [0.4, 0.5) is 10.5 Å². The summed E-state index contributed by atoms with van der Waals surface area (Å²) >= 11 is 3.36. The van der Waals surface area contributed by atoms with Crippen molar-refractivity contribution < 1.29 is 15.0 Å². The third-order valence-electron chi connectivity index (χ3n) is 5.54. The molecular weight excluding hydrogens is 452 g/mol. The molecule has 0 aliphatic carbocycles. The van der Waals surface area contributed by atoms with Gasteiger partial charge in [-0.3, -0.25) is 4.90 Å². The summed E-state index contributed by atoms with van der Waals surface area (Å²) in [5.41, 5.74) is 2.25. The Morgan fingerprint density at radius 3 is 1.94 bits per heavy atom. The number of hydrogen-bond donors (Lipinski definition) is 2. The molecule has 0 unspecified atom stereocenters. The fourth-order valence-corrected chi connectivity index (χ4v) is 5.59. The molecule has 0 saturated carbocycles. The minimum Gasteiger partial charge on any atom is -0.508 e. The van der Waals surface area contributed by atoms with Gasteiger partial charge in [0.2, 0.25) is 0 Å². The van der Waals surface area contributed by atoms with Crippen LogP contribution in [0.25, 0.3) is 0 Å². The number of aryl methyl sites for hydroxylation is 1. The van der Waals surface area contributed by atoms with Gasteiger partial charge in [0, 0.05) is 46.6 Å². The minimum atomic E-state index is 0.0553. The summed E-state index contributed by atoms with van der Waals surface area (Å²) in [6, 6.07) is 22.6. The van der Waals surface area contributed by atoms with E-state index in [9.17, 15) is 15.0 Å². The smallest absolute Gasteiger partial charge is 0.324 e. The van der Waals surface area contributed by atoms with Crippen LogP contribution < -0.4 is 4.90 Å². The molecule has 3 aromatic rings. The Labute approximate surface area is 203 Å². The molecule has 0 fully saturated rings. The molecule has 0 saturated heterocycles. The molecule has 1 heterocycles. The molecule has 1 aliphatic heterocycles. The van der Waals surface area contributed by atoms with Gasteiger partial charge < -0.3 is 15.1 Å². The average Bonchev–Trinajstić information content (AvgIpc) is 2.84. The standard InChI is InChI=1S/C26H28N2O3S2/c29-21-7-11-23(12-8-21)32-18-16-27(17-19-33-24-13-9-22(30)10-14-24)26(31)28-15-3-5-20-4-1-2-6-25(20)28/h1-2,4,6-14,29-30H,3,5,15-19H2. The lowest BCUT2D eigenvalue weighted by atomic mass is 10.0. The first-order valence-electron chi connectivity index (χ1n) is 11.1. The van der Waals surface area contributed by atoms with Crippen LogP contribution >= 0.6 is 23.5 Å². The summed E-state index contributed by atoms with van der Waals surface area (Å²) < 4.78 is 0. The maximum atomic E-state index is 13.6.